The largest absolute Gasteiger partial charge is 0.478 e. The van der Waals surface area contributed by atoms with Gasteiger partial charge in [0.1, 0.15) is 28.8 Å². The Morgan fingerprint density at radius 2 is 1.90 bits per heavy atom. The normalized spacial score (nSPS) is 23.7. The van der Waals surface area contributed by atoms with Crippen molar-refractivity contribution in [1.29, 1.82) is 0 Å². The Morgan fingerprint density at radius 3 is 2.65 bits per heavy atom. The average Bonchev–Trinajstić information content (AvgIpc) is 3.33. The number of hydrogen-bond donors (Lipinski definition) is 1. The first-order valence-corrected chi connectivity index (χ1v) is 14.5. The molecule has 1 saturated heterocycles. The maximum Gasteiger partial charge on any atom is 0.335 e. The lowest BCUT2D eigenvalue weighted by Crippen LogP contribution is -2.29. The van der Waals surface area contributed by atoms with Crippen LogP contribution in [-0.2, 0) is 17.8 Å². The first-order chi connectivity index (χ1) is 19.4. The Bertz CT molecular complexity index is 1520. The van der Waals surface area contributed by atoms with Crippen LogP contribution in [0.2, 0.25) is 10.0 Å². The molecular formula is C30H28Cl2FN3O4. The van der Waals surface area contributed by atoms with Crippen LogP contribution >= 0.6 is 23.2 Å². The molecule has 0 unspecified atom stereocenters. The Hall–Kier alpha value is -2.94. The number of fused-ring (bicyclic) bond motifs is 2. The number of hydrogen-bond acceptors (Lipinski definition) is 6. The summed E-state index contributed by atoms with van der Waals surface area (Å²) < 4.78 is 26.9. The molecule has 0 spiro atoms. The van der Waals surface area contributed by atoms with Crippen molar-refractivity contribution >= 4 is 40.7 Å². The molecule has 3 heterocycles. The molecule has 2 saturated carbocycles. The summed E-state index contributed by atoms with van der Waals surface area (Å²) in [7, 11) is 0. The first-order valence-electron chi connectivity index (χ1n) is 13.8. The Labute approximate surface area is 240 Å². The van der Waals surface area contributed by atoms with Crippen molar-refractivity contribution in [2.24, 2.45) is 16.8 Å². The van der Waals surface area contributed by atoms with Gasteiger partial charge < -0.3 is 19.3 Å². The fraction of sp³-hybridized carbons (Fsp3) is 0.433. The van der Waals surface area contributed by atoms with Crippen molar-refractivity contribution in [2.75, 3.05) is 13.1 Å². The monoisotopic (exact) mass is 583 g/mol. The van der Waals surface area contributed by atoms with Gasteiger partial charge in [0, 0.05) is 36.6 Å². The maximum atomic E-state index is 14.6. The van der Waals surface area contributed by atoms with Gasteiger partial charge in [-0.25, -0.2) is 14.2 Å². The van der Waals surface area contributed by atoms with Crippen LogP contribution in [0, 0.1) is 17.7 Å². The summed E-state index contributed by atoms with van der Waals surface area (Å²) in [5, 5.41) is 14.7. The number of carboxylic acid groups (broad SMARTS) is 1. The molecular weight excluding hydrogens is 556 g/mol. The maximum absolute atomic E-state index is 14.6. The van der Waals surface area contributed by atoms with E-state index in [2.05, 4.69) is 15.0 Å². The van der Waals surface area contributed by atoms with Gasteiger partial charge in [0.2, 0.25) is 0 Å². The topological polar surface area (TPSA) is 88.2 Å². The standard InChI is InChI=1S/C30H28Cl2FN3O4/c31-22-2-1-3-23(32)26(22)28-21(29(40-35-28)15-4-5-15)14-39-20-7-6-16-12-36(13-19(16)9-20)25-11-17-8-18(30(37)38)10-24(33)27(17)34-25/h1-3,8,10,15-16,19-20H,4-7,9,11-14H2,(H,37,38)/t16-,19+,20+/m1/s1. The lowest BCUT2D eigenvalue weighted by Gasteiger charge is -2.30. The van der Waals surface area contributed by atoms with Crippen molar-refractivity contribution < 1.29 is 23.6 Å². The third kappa shape index (κ3) is 4.70. The van der Waals surface area contributed by atoms with Crippen LogP contribution in [0.3, 0.4) is 0 Å². The molecule has 7 nitrogen and oxygen atoms in total. The number of aromatic carboxylic acids is 1. The summed E-state index contributed by atoms with van der Waals surface area (Å²) in [4.78, 5) is 18.2. The van der Waals surface area contributed by atoms with E-state index >= 15 is 0 Å². The number of aromatic nitrogens is 1. The molecule has 0 amide bonds. The fourth-order valence-electron chi connectivity index (χ4n) is 6.56. The van der Waals surface area contributed by atoms with Gasteiger partial charge in [-0.2, -0.15) is 0 Å². The summed E-state index contributed by atoms with van der Waals surface area (Å²) in [5.74, 6) is 1.34. The zero-order valence-electron chi connectivity index (χ0n) is 21.7. The van der Waals surface area contributed by atoms with Crippen LogP contribution in [0.25, 0.3) is 11.3 Å². The van der Waals surface area contributed by atoms with E-state index in [1.807, 2.05) is 6.07 Å². The van der Waals surface area contributed by atoms with Crippen LogP contribution in [0.5, 0.6) is 0 Å². The van der Waals surface area contributed by atoms with Gasteiger partial charge in [-0.15, -0.1) is 0 Å². The summed E-state index contributed by atoms with van der Waals surface area (Å²) in [6.07, 6.45) is 5.67. The van der Waals surface area contributed by atoms with Gasteiger partial charge >= 0.3 is 5.97 Å². The fourth-order valence-corrected chi connectivity index (χ4v) is 7.14. The van der Waals surface area contributed by atoms with Crippen molar-refractivity contribution in [3.05, 3.63) is 68.6 Å². The molecule has 4 aliphatic rings. The number of amidine groups is 1. The van der Waals surface area contributed by atoms with E-state index in [1.165, 1.54) is 6.07 Å². The molecule has 3 aromatic rings. The molecule has 3 atom stereocenters. The van der Waals surface area contributed by atoms with Crippen molar-refractivity contribution in [1.82, 2.24) is 10.1 Å². The number of carboxylic acids is 1. The van der Waals surface area contributed by atoms with Crippen molar-refractivity contribution in [2.45, 2.75) is 57.2 Å². The second-order valence-corrected chi connectivity index (χ2v) is 12.2. The molecule has 40 heavy (non-hydrogen) atoms. The van der Waals surface area contributed by atoms with E-state index in [9.17, 15) is 14.3 Å². The quantitative estimate of drug-likeness (QED) is 0.328. The second kappa shape index (κ2) is 10.2. The number of rotatable bonds is 6. The summed E-state index contributed by atoms with van der Waals surface area (Å²) in [6, 6.07) is 8.01. The molecule has 7 rings (SSSR count). The molecule has 0 radical (unpaired) electrons. The lowest BCUT2D eigenvalue weighted by atomic mass is 9.80. The van der Waals surface area contributed by atoms with Gasteiger partial charge in [0.15, 0.2) is 0 Å². The molecule has 1 aromatic heterocycles. The minimum Gasteiger partial charge on any atom is -0.478 e. The first kappa shape index (κ1) is 26.0. The zero-order valence-corrected chi connectivity index (χ0v) is 23.2. The van der Waals surface area contributed by atoms with Gasteiger partial charge in [-0.3, -0.25) is 0 Å². The van der Waals surface area contributed by atoms with E-state index in [1.54, 1.807) is 12.1 Å². The third-order valence-corrected chi connectivity index (χ3v) is 9.40. The zero-order chi connectivity index (χ0) is 27.5. The van der Waals surface area contributed by atoms with E-state index < -0.39 is 11.8 Å². The number of carbonyl (C=O) groups is 1. The van der Waals surface area contributed by atoms with Crippen molar-refractivity contribution in [3.63, 3.8) is 0 Å². The highest BCUT2D eigenvalue weighted by Crippen LogP contribution is 2.47. The van der Waals surface area contributed by atoms with Crippen LogP contribution in [-0.4, -0.2) is 46.2 Å². The average molecular weight is 584 g/mol. The Balaban J connectivity index is 1.03. The minimum atomic E-state index is -1.13. The molecule has 10 heteroatoms. The van der Waals surface area contributed by atoms with Crippen LogP contribution in [0.4, 0.5) is 10.1 Å². The molecule has 2 aromatic carbocycles. The molecule has 1 N–H and O–H groups in total. The molecule has 2 aliphatic heterocycles. The molecule has 2 aliphatic carbocycles. The van der Waals surface area contributed by atoms with Gasteiger partial charge in [0.05, 0.1) is 28.3 Å². The molecule has 0 bridgehead atoms. The highest BCUT2D eigenvalue weighted by molar-refractivity contribution is 6.39. The van der Waals surface area contributed by atoms with E-state index in [0.717, 1.165) is 68.4 Å². The number of benzene rings is 2. The predicted octanol–water partition coefficient (Wildman–Crippen LogP) is 7.27. The Morgan fingerprint density at radius 1 is 1.12 bits per heavy atom. The Kier molecular flexibility index (Phi) is 6.60. The lowest BCUT2D eigenvalue weighted by molar-refractivity contribution is -0.00502. The molecule has 208 valence electrons. The smallest absolute Gasteiger partial charge is 0.335 e. The number of halogens is 3. The van der Waals surface area contributed by atoms with Gasteiger partial charge in [0.25, 0.3) is 0 Å². The summed E-state index contributed by atoms with van der Waals surface area (Å²) in [5.41, 5.74) is 3.15. The van der Waals surface area contributed by atoms with Gasteiger partial charge in [-0.1, -0.05) is 34.4 Å². The number of ether oxygens (including phenoxy) is 1. The highest BCUT2D eigenvalue weighted by atomic mass is 35.5. The highest BCUT2D eigenvalue weighted by Gasteiger charge is 2.41. The van der Waals surface area contributed by atoms with Crippen LogP contribution < -0.4 is 0 Å². The minimum absolute atomic E-state index is 0.0413. The van der Waals surface area contributed by atoms with E-state index in [0.29, 0.717) is 57.6 Å². The van der Waals surface area contributed by atoms with Crippen molar-refractivity contribution in [3.8, 4) is 11.3 Å². The second-order valence-electron chi connectivity index (χ2n) is 11.4. The predicted molar refractivity (Wildman–Crippen MR) is 149 cm³/mol. The van der Waals surface area contributed by atoms with E-state index in [-0.39, 0.29) is 17.4 Å². The van der Waals surface area contributed by atoms with Crippen LogP contribution in [0.15, 0.2) is 39.8 Å². The molecule has 3 fully saturated rings. The number of nitrogens with zero attached hydrogens (tertiary/aromatic N) is 3. The summed E-state index contributed by atoms with van der Waals surface area (Å²) in [6.45, 7) is 2.11. The van der Waals surface area contributed by atoms with Gasteiger partial charge in [-0.05, 0) is 73.8 Å². The third-order valence-electron chi connectivity index (χ3n) is 8.77. The SMILES string of the molecule is O=C(O)c1cc(F)c2c(c1)CC(N1C[C@H]3CC[C@H](OCc4c(-c5c(Cl)cccc5Cl)noc4C4CC4)C[C@H]3C1)=N2. The van der Waals surface area contributed by atoms with Crippen LogP contribution in [0.1, 0.15) is 65.3 Å². The summed E-state index contributed by atoms with van der Waals surface area (Å²) >= 11 is 13.0. The van der Waals surface area contributed by atoms with E-state index in [4.69, 9.17) is 32.5 Å². The number of likely N-dealkylation sites (tertiary alicyclic amines) is 1. The number of aliphatic imine (C=N–C) groups is 1.